The minimum atomic E-state index is -0.755. The van der Waals surface area contributed by atoms with Crippen LogP contribution in [0.5, 0.6) is 0 Å². The summed E-state index contributed by atoms with van der Waals surface area (Å²) in [5, 5.41) is 0. The van der Waals surface area contributed by atoms with Crippen molar-refractivity contribution in [3.63, 3.8) is 0 Å². The average Bonchev–Trinajstić information content (AvgIpc) is 3.08. The number of carbonyl (C=O) groups excluding carboxylic acids is 3. The number of unbranched alkanes of at least 4 members (excludes halogenated alkanes) is 27. The van der Waals surface area contributed by atoms with Crippen molar-refractivity contribution in [3.8, 4) is 0 Å². The maximum atomic E-state index is 12.6. The molecule has 6 nitrogen and oxygen atoms in total. The molecule has 0 fully saturated rings. The van der Waals surface area contributed by atoms with Crippen LogP contribution in [0, 0.1) is 0 Å². The predicted molar refractivity (Wildman–Crippen MR) is 201 cm³/mol. The third kappa shape index (κ3) is 35.7. The molecule has 6 heteroatoms. The van der Waals surface area contributed by atoms with Crippen molar-refractivity contribution >= 4 is 17.9 Å². The highest BCUT2D eigenvalue weighted by molar-refractivity contribution is 5.71. The van der Waals surface area contributed by atoms with Crippen molar-refractivity contribution in [1.82, 2.24) is 0 Å². The van der Waals surface area contributed by atoms with Crippen molar-refractivity contribution in [2.24, 2.45) is 0 Å². The molecule has 0 aromatic carbocycles. The molecular weight excluding hydrogens is 600 g/mol. The lowest BCUT2D eigenvalue weighted by Crippen LogP contribution is -2.30. The number of esters is 3. The largest absolute Gasteiger partial charge is 0.462 e. The average molecular weight is 681 g/mol. The molecular formula is C42H80O6. The van der Waals surface area contributed by atoms with Crippen molar-refractivity contribution in [3.05, 3.63) is 0 Å². The second-order valence-corrected chi connectivity index (χ2v) is 14.3. The van der Waals surface area contributed by atoms with Gasteiger partial charge in [0.1, 0.15) is 13.2 Å². The minimum Gasteiger partial charge on any atom is -0.462 e. The zero-order chi connectivity index (χ0) is 35.2. The third-order valence-corrected chi connectivity index (χ3v) is 9.36. The van der Waals surface area contributed by atoms with Crippen molar-refractivity contribution in [1.29, 1.82) is 0 Å². The number of carbonyl (C=O) groups is 3. The fraction of sp³-hybridized carbons (Fsp3) is 0.929. The summed E-state index contributed by atoms with van der Waals surface area (Å²) in [4.78, 5) is 37.4. The van der Waals surface area contributed by atoms with Gasteiger partial charge in [-0.15, -0.1) is 0 Å². The Kier molecular flexibility index (Phi) is 36.9. The molecule has 0 amide bonds. The highest BCUT2D eigenvalue weighted by atomic mass is 16.6. The molecule has 0 N–H and O–H groups in total. The van der Waals surface area contributed by atoms with E-state index in [-0.39, 0.29) is 31.1 Å². The molecule has 0 aliphatic carbocycles. The zero-order valence-electron chi connectivity index (χ0n) is 32.3. The molecule has 0 heterocycles. The topological polar surface area (TPSA) is 78.9 Å². The molecule has 0 aliphatic heterocycles. The van der Waals surface area contributed by atoms with Gasteiger partial charge >= 0.3 is 17.9 Å². The van der Waals surface area contributed by atoms with Gasteiger partial charge in [0.15, 0.2) is 6.10 Å². The smallest absolute Gasteiger partial charge is 0.306 e. The lowest BCUT2D eigenvalue weighted by Gasteiger charge is -2.18. The van der Waals surface area contributed by atoms with Gasteiger partial charge in [-0.3, -0.25) is 14.4 Å². The normalized spacial score (nSPS) is 11.8. The molecule has 0 radical (unpaired) electrons. The molecule has 0 bridgehead atoms. The van der Waals surface area contributed by atoms with Crippen LogP contribution in [0.4, 0.5) is 0 Å². The second-order valence-electron chi connectivity index (χ2n) is 14.3. The Bertz CT molecular complexity index is 708. The summed E-state index contributed by atoms with van der Waals surface area (Å²) in [5.41, 5.74) is 0. The molecule has 1 atom stereocenters. The lowest BCUT2D eigenvalue weighted by molar-refractivity contribution is -0.167. The molecule has 0 aromatic rings. The van der Waals surface area contributed by atoms with Crippen molar-refractivity contribution < 1.29 is 28.6 Å². The van der Waals surface area contributed by atoms with Gasteiger partial charge in [0.2, 0.25) is 0 Å². The number of rotatable bonds is 38. The van der Waals surface area contributed by atoms with E-state index in [4.69, 9.17) is 14.2 Å². The summed E-state index contributed by atoms with van der Waals surface area (Å²) in [7, 11) is 0. The van der Waals surface area contributed by atoms with E-state index in [0.29, 0.717) is 19.3 Å². The molecule has 0 aromatic heterocycles. The third-order valence-electron chi connectivity index (χ3n) is 9.36. The highest BCUT2D eigenvalue weighted by Gasteiger charge is 2.19. The van der Waals surface area contributed by atoms with E-state index in [0.717, 1.165) is 57.8 Å². The van der Waals surface area contributed by atoms with Gasteiger partial charge in [0, 0.05) is 19.3 Å². The Hall–Kier alpha value is -1.59. The first-order chi connectivity index (χ1) is 23.5. The first-order valence-corrected chi connectivity index (χ1v) is 21.0. The van der Waals surface area contributed by atoms with Gasteiger partial charge in [-0.1, -0.05) is 194 Å². The van der Waals surface area contributed by atoms with Gasteiger partial charge in [0.05, 0.1) is 0 Å². The van der Waals surface area contributed by atoms with Crippen molar-refractivity contribution in [2.45, 2.75) is 239 Å². The zero-order valence-corrected chi connectivity index (χ0v) is 32.3. The SMILES string of the molecule is CCCCCCCCCCCCCCCCC(=O)OC[C@H](COC(=O)CCCCCCCCC)OC(=O)CCCCCCCCCCC. The number of ether oxygens (including phenoxy) is 3. The van der Waals surface area contributed by atoms with E-state index in [1.54, 1.807) is 0 Å². The summed E-state index contributed by atoms with van der Waals surface area (Å²) in [6.45, 7) is 6.58. The van der Waals surface area contributed by atoms with Gasteiger partial charge in [-0.2, -0.15) is 0 Å². The van der Waals surface area contributed by atoms with E-state index in [1.807, 2.05) is 0 Å². The van der Waals surface area contributed by atoms with Gasteiger partial charge < -0.3 is 14.2 Å². The van der Waals surface area contributed by atoms with Gasteiger partial charge in [-0.05, 0) is 19.3 Å². The first kappa shape index (κ1) is 46.4. The summed E-state index contributed by atoms with van der Waals surface area (Å²) in [5.74, 6) is -0.866. The van der Waals surface area contributed by atoms with Crippen LogP contribution in [-0.4, -0.2) is 37.2 Å². The summed E-state index contributed by atoms with van der Waals surface area (Å²) in [6, 6.07) is 0. The second kappa shape index (κ2) is 38.2. The predicted octanol–water partition coefficient (Wildman–Crippen LogP) is 12.9. The fourth-order valence-electron chi connectivity index (χ4n) is 6.15. The molecule has 0 aliphatic rings. The van der Waals surface area contributed by atoms with E-state index in [9.17, 15) is 14.4 Å². The van der Waals surface area contributed by atoms with E-state index < -0.39 is 6.10 Å². The molecule has 0 rings (SSSR count). The van der Waals surface area contributed by atoms with Crippen LogP contribution < -0.4 is 0 Å². The molecule has 0 unspecified atom stereocenters. The Morgan fingerprint density at radius 2 is 0.562 bits per heavy atom. The summed E-state index contributed by atoms with van der Waals surface area (Å²) >= 11 is 0. The lowest BCUT2D eigenvalue weighted by atomic mass is 10.0. The number of hydrogen-bond acceptors (Lipinski definition) is 6. The standard InChI is InChI=1S/C42H80O6/c1-4-7-10-13-16-18-19-20-21-22-24-26-29-32-35-41(44)47-38-39(37-46-40(43)34-31-28-25-15-12-9-6-3)48-42(45)36-33-30-27-23-17-14-11-8-5-2/h39H,4-38H2,1-3H3/t39-/m0/s1. The van der Waals surface area contributed by atoms with Gasteiger partial charge in [-0.25, -0.2) is 0 Å². The Labute approximate surface area is 298 Å². The van der Waals surface area contributed by atoms with Crippen LogP contribution in [-0.2, 0) is 28.6 Å². The molecule has 0 saturated heterocycles. The maximum Gasteiger partial charge on any atom is 0.306 e. The monoisotopic (exact) mass is 681 g/mol. The molecule has 284 valence electrons. The van der Waals surface area contributed by atoms with Crippen LogP contribution in [0.2, 0.25) is 0 Å². The quantitative estimate of drug-likeness (QED) is 0.0367. The van der Waals surface area contributed by atoms with Crippen LogP contribution in [0.25, 0.3) is 0 Å². The van der Waals surface area contributed by atoms with Crippen LogP contribution in [0.1, 0.15) is 233 Å². The van der Waals surface area contributed by atoms with Crippen molar-refractivity contribution in [2.75, 3.05) is 13.2 Å². The van der Waals surface area contributed by atoms with Crippen LogP contribution in [0.3, 0.4) is 0 Å². The summed E-state index contributed by atoms with van der Waals surface area (Å²) in [6.07, 6.45) is 36.7. The first-order valence-electron chi connectivity index (χ1n) is 21.0. The maximum absolute atomic E-state index is 12.6. The Morgan fingerprint density at radius 1 is 0.333 bits per heavy atom. The molecule has 48 heavy (non-hydrogen) atoms. The minimum absolute atomic E-state index is 0.0638. The number of hydrogen-bond donors (Lipinski definition) is 0. The van der Waals surface area contributed by atoms with Crippen LogP contribution >= 0.6 is 0 Å². The summed E-state index contributed by atoms with van der Waals surface area (Å²) < 4.78 is 16.6. The highest BCUT2D eigenvalue weighted by Crippen LogP contribution is 2.15. The Balaban J connectivity index is 4.25. The van der Waals surface area contributed by atoms with E-state index in [1.165, 1.54) is 135 Å². The Morgan fingerprint density at radius 3 is 0.833 bits per heavy atom. The van der Waals surface area contributed by atoms with Crippen LogP contribution in [0.15, 0.2) is 0 Å². The van der Waals surface area contributed by atoms with E-state index in [2.05, 4.69) is 20.8 Å². The molecule has 0 spiro atoms. The van der Waals surface area contributed by atoms with Gasteiger partial charge in [0.25, 0.3) is 0 Å². The molecule has 0 saturated carbocycles. The van der Waals surface area contributed by atoms with E-state index >= 15 is 0 Å². The fourth-order valence-corrected chi connectivity index (χ4v) is 6.15.